The van der Waals surface area contributed by atoms with Gasteiger partial charge in [-0.05, 0) is 31.6 Å². The highest BCUT2D eigenvalue weighted by atomic mass is 16.4. The first kappa shape index (κ1) is 15.3. The fourth-order valence-electron chi connectivity index (χ4n) is 3.74. The molecule has 1 heterocycles. The highest BCUT2D eigenvalue weighted by Crippen LogP contribution is 2.34. The molecule has 0 aromatic heterocycles. The molecule has 1 unspecified atom stereocenters. The minimum Gasteiger partial charge on any atom is -0.481 e. The third-order valence-electron chi connectivity index (χ3n) is 5.30. The number of rotatable bonds is 5. The third-order valence-corrected chi connectivity index (χ3v) is 5.30. The highest BCUT2D eigenvalue weighted by Gasteiger charge is 2.41. The topological polar surface area (TPSA) is 57.6 Å². The monoisotopic (exact) mass is 281 g/mol. The van der Waals surface area contributed by atoms with Crippen molar-refractivity contribution in [2.45, 2.75) is 64.7 Å². The predicted molar refractivity (Wildman–Crippen MR) is 77.4 cm³/mol. The molecule has 1 aliphatic carbocycles. The van der Waals surface area contributed by atoms with Gasteiger partial charge in [-0.1, -0.05) is 32.6 Å². The van der Waals surface area contributed by atoms with Crippen LogP contribution in [0, 0.1) is 11.3 Å². The minimum atomic E-state index is -0.742. The van der Waals surface area contributed by atoms with Crippen molar-refractivity contribution in [3.8, 4) is 0 Å². The molecule has 1 aliphatic heterocycles. The van der Waals surface area contributed by atoms with Gasteiger partial charge in [0.25, 0.3) is 0 Å². The van der Waals surface area contributed by atoms with E-state index in [0.717, 1.165) is 25.3 Å². The van der Waals surface area contributed by atoms with Crippen LogP contribution < -0.4 is 0 Å². The Kier molecular flexibility index (Phi) is 5.06. The number of carbonyl (C=O) groups excluding carboxylic acids is 1. The summed E-state index contributed by atoms with van der Waals surface area (Å²) in [5, 5.41) is 9.45. The Labute approximate surface area is 121 Å². The molecule has 2 aliphatic rings. The predicted octanol–water partition coefficient (Wildman–Crippen LogP) is 3.06. The van der Waals surface area contributed by atoms with Crippen molar-refractivity contribution >= 4 is 11.9 Å². The van der Waals surface area contributed by atoms with Crippen LogP contribution in [0.15, 0.2) is 0 Å². The fourth-order valence-corrected chi connectivity index (χ4v) is 3.74. The van der Waals surface area contributed by atoms with Crippen LogP contribution in [0.1, 0.15) is 64.7 Å². The molecule has 0 radical (unpaired) electrons. The van der Waals surface area contributed by atoms with Gasteiger partial charge in [0.2, 0.25) is 5.91 Å². The molecular formula is C16H27NO3. The van der Waals surface area contributed by atoms with Crippen LogP contribution in [0.5, 0.6) is 0 Å². The average molecular weight is 281 g/mol. The Bertz CT molecular complexity index is 363. The molecule has 4 heteroatoms. The lowest BCUT2D eigenvalue weighted by Crippen LogP contribution is -2.49. The molecule has 0 aromatic carbocycles. The van der Waals surface area contributed by atoms with Crippen molar-refractivity contribution in [1.29, 1.82) is 0 Å². The van der Waals surface area contributed by atoms with Crippen molar-refractivity contribution < 1.29 is 14.7 Å². The van der Waals surface area contributed by atoms with Crippen molar-refractivity contribution in [2.24, 2.45) is 11.3 Å². The highest BCUT2D eigenvalue weighted by molar-refractivity contribution is 5.79. The lowest BCUT2D eigenvalue weighted by Gasteiger charge is -2.39. The Balaban J connectivity index is 1.87. The van der Waals surface area contributed by atoms with E-state index in [1.165, 1.54) is 25.7 Å². The van der Waals surface area contributed by atoms with Gasteiger partial charge in [-0.25, -0.2) is 0 Å². The molecule has 0 bridgehead atoms. The first-order valence-electron chi connectivity index (χ1n) is 8.08. The van der Waals surface area contributed by atoms with Gasteiger partial charge < -0.3 is 10.0 Å². The number of amides is 1. The zero-order chi connectivity index (χ0) is 14.6. The van der Waals surface area contributed by atoms with E-state index in [9.17, 15) is 14.7 Å². The zero-order valence-corrected chi connectivity index (χ0v) is 12.6. The third kappa shape index (κ3) is 3.33. The average Bonchev–Trinajstić information content (AvgIpc) is 2.97. The van der Waals surface area contributed by atoms with Crippen molar-refractivity contribution in [1.82, 2.24) is 4.90 Å². The number of carbonyl (C=O) groups is 2. The maximum atomic E-state index is 12.3. The van der Waals surface area contributed by atoms with E-state index in [1.54, 1.807) is 4.90 Å². The number of piperidine rings is 1. The smallest absolute Gasteiger partial charge is 0.311 e. The normalized spacial score (nSPS) is 27.8. The van der Waals surface area contributed by atoms with Crippen molar-refractivity contribution in [3.05, 3.63) is 0 Å². The number of aliphatic carboxylic acids is 1. The molecule has 1 amide bonds. The van der Waals surface area contributed by atoms with Gasteiger partial charge in [-0.2, -0.15) is 0 Å². The Morgan fingerprint density at radius 3 is 2.55 bits per heavy atom. The molecule has 2 rings (SSSR count). The van der Waals surface area contributed by atoms with Gasteiger partial charge in [-0.15, -0.1) is 0 Å². The first-order valence-corrected chi connectivity index (χ1v) is 8.08. The lowest BCUT2D eigenvalue weighted by atomic mass is 9.77. The lowest BCUT2D eigenvalue weighted by molar-refractivity contribution is -0.155. The summed E-state index contributed by atoms with van der Waals surface area (Å²) in [6.45, 7) is 3.06. The molecule has 20 heavy (non-hydrogen) atoms. The summed E-state index contributed by atoms with van der Waals surface area (Å²) in [7, 11) is 0. The van der Waals surface area contributed by atoms with E-state index in [4.69, 9.17) is 0 Å². The maximum absolute atomic E-state index is 12.3. The molecule has 0 spiro atoms. The SMILES string of the molecule is CCC1(C(=O)O)CCCN(C(=O)CCC2CCCC2)C1. The summed E-state index contributed by atoms with van der Waals surface area (Å²) < 4.78 is 0. The number of carboxylic acid groups (broad SMARTS) is 1. The Hall–Kier alpha value is -1.06. The van der Waals surface area contributed by atoms with E-state index in [2.05, 4.69) is 0 Å². The number of hydrogen-bond donors (Lipinski definition) is 1. The molecule has 2 fully saturated rings. The van der Waals surface area contributed by atoms with Crippen LogP contribution in [-0.2, 0) is 9.59 Å². The van der Waals surface area contributed by atoms with E-state index >= 15 is 0 Å². The van der Waals surface area contributed by atoms with Crippen LogP contribution in [0.2, 0.25) is 0 Å². The summed E-state index contributed by atoms with van der Waals surface area (Å²) in [4.78, 5) is 25.6. The minimum absolute atomic E-state index is 0.163. The van der Waals surface area contributed by atoms with Gasteiger partial charge in [0, 0.05) is 19.5 Å². The van der Waals surface area contributed by atoms with E-state index < -0.39 is 11.4 Å². The van der Waals surface area contributed by atoms with Crippen LogP contribution in [0.4, 0.5) is 0 Å². The molecule has 1 atom stereocenters. The number of nitrogens with zero attached hydrogens (tertiary/aromatic N) is 1. The van der Waals surface area contributed by atoms with E-state index in [-0.39, 0.29) is 5.91 Å². The summed E-state index contributed by atoms with van der Waals surface area (Å²) in [6.07, 6.45) is 8.85. The van der Waals surface area contributed by atoms with Crippen molar-refractivity contribution in [3.63, 3.8) is 0 Å². The second-order valence-electron chi connectivity index (χ2n) is 6.55. The number of likely N-dealkylation sites (tertiary alicyclic amines) is 1. The molecule has 0 aromatic rings. The van der Waals surface area contributed by atoms with Crippen LogP contribution in [-0.4, -0.2) is 35.0 Å². The second-order valence-corrected chi connectivity index (χ2v) is 6.55. The van der Waals surface area contributed by atoms with Gasteiger partial charge >= 0.3 is 5.97 Å². The van der Waals surface area contributed by atoms with E-state index in [1.807, 2.05) is 6.92 Å². The summed E-state index contributed by atoms with van der Waals surface area (Å²) in [5.41, 5.74) is -0.707. The first-order chi connectivity index (χ1) is 9.57. The quantitative estimate of drug-likeness (QED) is 0.842. The summed E-state index contributed by atoms with van der Waals surface area (Å²) in [5.74, 6) is 0.142. The van der Waals surface area contributed by atoms with Gasteiger partial charge in [0.05, 0.1) is 5.41 Å². The van der Waals surface area contributed by atoms with Crippen molar-refractivity contribution in [2.75, 3.05) is 13.1 Å². The molecule has 4 nitrogen and oxygen atoms in total. The van der Waals surface area contributed by atoms with E-state index in [0.29, 0.717) is 25.8 Å². The molecule has 1 saturated heterocycles. The fraction of sp³-hybridized carbons (Fsp3) is 0.875. The Morgan fingerprint density at radius 2 is 1.95 bits per heavy atom. The van der Waals surface area contributed by atoms with Crippen LogP contribution in [0.25, 0.3) is 0 Å². The molecule has 1 saturated carbocycles. The largest absolute Gasteiger partial charge is 0.481 e. The van der Waals surface area contributed by atoms with Crippen LogP contribution in [0.3, 0.4) is 0 Å². The number of hydrogen-bond acceptors (Lipinski definition) is 2. The zero-order valence-electron chi connectivity index (χ0n) is 12.6. The van der Waals surface area contributed by atoms with Gasteiger partial charge in [0.15, 0.2) is 0 Å². The molecular weight excluding hydrogens is 254 g/mol. The number of carboxylic acids is 1. The molecule has 1 N–H and O–H groups in total. The standard InChI is InChI=1S/C16H27NO3/c1-2-16(15(19)20)10-5-11-17(12-16)14(18)9-8-13-6-3-4-7-13/h13H,2-12H2,1H3,(H,19,20). The maximum Gasteiger partial charge on any atom is 0.311 e. The second kappa shape index (κ2) is 6.59. The molecule has 114 valence electrons. The van der Waals surface area contributed by atoms with Crippen LogP contribution >= 0.6 is 0 Å². The summed E-state index contributed by atoms with van der Waals surface area (Å²) >= 11 is 0. The van der Waals surface area contributed by atoms with Gasteiger partial charge in [-0.3, -0.25) is 9.59 Å². The van der Waals surface area contributed by atoms with Gasteiger partial charge in [0.1, 0.15) is 0 Å². The Morgan fingerprint density at radius 1 is 1.25 bits per heavy atom. The summed E-state index contributed by atoms with van der Waals surface area (Å²) in [6, 6.07) is 0.